The Balaban J connectivity index is 2.81. The van der Waals surface area contributed by atoms with Crippen LogP contribution in [0, 0.1) is 11.8 Å². The highest BCUT2D eigenvalue weighted by Crippen LogP contribution is 2.31. The first-order chi connectivity index (χ1) is 9.02. The van der Waals surface area contributed by atoms with Gasteiger partial charge >= 0.3 is 0 Å². The lowest BCUT2D eigenvalue weighted by molar-refractivity contribution is -0.0576. The molecule has 0 bridgehead atoms. The zero-order valence-electron chi connectivity index (χ0n) is 12.3. The number of hydrogen-bond donors (Lipinski definition) is 2. The molecule has 0 amide bonds. The normalized spacial score (nSPS) is 19.5. The van der Waals surface area contributed by atoms with Crippen LogP contribution in [0.1, 0.15) is 38.9 Å². The lowest BCUT2D eigenvalue weighted by Crippen LogP contribution is -2.36. The van der Waals surface area contributed by atoms with E-state index in [4.69, 9.17) is 4.74 Å². The predicted octanol–water partition coefficient (Wildman–Crippen LogP) is 2.78. The molecule has 0 radical (unpaired) electrons. The molecule has 0 heterocycles. The van der Waals surface area contributed by atoms with Gasteiger partial charge in [0.05, 0.1) is 18.3 Å². The lowest BCUT2D eigenvalue weighted by Gasteiger charge is -2.32. The summed E-state index contributed by atoms with van der Waals surface area (Å²) in [6, 6.07) is 9.88. The van der Waals surface area contributed by atoms with E-state index in [0.717, 1.165) is 5.56 Å². The molecule has 0 aromatic heterocycles. The van der Waals surface area contributed by atoms with E-state index in [1.165, 1.54) is 0 Å². The van der Waals surface area contributed by atoms with E-state index in [1.807, 2.05) is 51.1 Å². The summed E-state index contributed by atoms with van der Waals surface area (Å²) >= 11 is 0. The van der Waals surface area contributed by atoms with Crippen LogP contribution >= 0.6 is 0 Å². The van der Waals surface area contributed by atoms with Crippen LogP contribution in [-0.2, 0) is 4.74 Å². The molecule has 0 saturated heterocycles. The van der Waals surface area contributed by atoms with Crippen LogP contribution in [-0.4, -0.2) is 29.5 Å². The number of hydrogen-bond acceptors (Lipinski definition) is 3. The van der Waals surface area contributed by atoms with Crippen LogP contribution < -0.4 is 0 Å². The van der Waals surface area contributed by atoms with Crippen molar-refractivity contribution in [3.63, 3.8) is 0 Å². The molecule has 1 aromatic carbocycles. The van der Waals surface area contributed by atoms with Crippen LogP contribution in [0.25, 0.3) is 0 Å². The van der Waals surface area contributed by atoms with Gasteiger partial charge in [-0.2, -0.15) is 0 Å². The lowest BCUT2D eigenvalue weighted by atomic mass is 9.83. The van der Waals surface area contributed by atoms with Crippen molar-refractivity contribution in [3.05, 3.63) is 35.9 Å². The topological polar surface area (TPSA) is 49.7 Å². The molecule has 0 unspecified atom stereocenters. The van der Waals surface area contributed by atoms with Crippen LogP contribution in [0.3, 0.4) is 0 Å². The van der Waals surface area contributed by atoms with E-state index in [1.54, 1.807) is 7.11 Å². The summed E-state index contributed by atoms with van der Waals surface area (Å²) in [4.78, 5) is 0. The first-order valence-electron chi connectivity index (χ1n) is 6.96. The minimum Gasteiger partial charge on any atom is -0.393 e. The van der Waals surface area contributed by atoms with Crippen molar-refractivity contribution in [2.45, 2.75) is 45.5 Å². The molecular weight excluding hydrogens is 240 g/mol. The molecule has 1 rings (SSSR count). The second-order valence-corrected chi connectivity index (χ2v) is 5.25. The molecule has 0 saturated carbocycles. The minimum atomic E-state index is -0.597. The highest BCUT2D eigenvalue weighted by atomic mass is 16.5. The van der Waals surface area contributed by atoms with Crippen molar-refractivity contribution in [1.29, 1.82) is 0 Å². The van der Waals surface area contributed by atoms with Gasteiger partial charge in [0.25, 0.3) is 0 Å². The molecule has 0 aliphatic heterocycles. The van der Waals surface area contributed by atoms with Gasteiger partial charge in [0.15, 0.2) is 0 Å². The maximum absolute atomic E-state index is 10.4. The van der Waals surface area contributed by atoms with Gasteiger partial charge in [0, 0.05) is 18.9 Å². The van der Waals surface area contributed by atoms with E-state index in [2.05, 4.69) is 0 Å². The Morgan fingerprint density at radius 2 is 1.63 bits per heavy atom. The molecule has 0 spiro atoms. The number of methoxy groups -OCH3 is 1. The van der Waals surface area contributed by atoms with Gasteiger partial charge in [-0.25, -0.2) is 0 Å². The molecule has 2 N–H and O–H groups in total. The van der Waals surface area contributed by atoms with Crippen molar-refractivity contribution in [3.8, 4) is 0 Å². The van der Waals surface area contributed by atoms with E-state index in [-0.39, 0.29) is 17.9 Å². The van der Waals surface area contributed by atoms with Crippen molar-refractivity contribution >= 4 is 0 Å². The fourth-order valence-corrected chi connectivity index (χ4v) is 2.55. The molecule has 0 aliphatic rings. The Morgan fingerprint density at radius 1 is 1.05 bits per heavy atom. The zero-order chi connectivity index (χ0) is 14.4. The largest absolute Gasteiger partial charge is 0.393 e. The Labute approximate surface area is 116 Å². The van der Waals surface area contributed by atoms with Crippen LogP contribution in [0.4, 0.5) is 0 Å². The van der Waals surface area contributed by atoms with Crippen LogP contribution in [0.2, 0.25) is 0 Å². The van der Waals surface area contributed by atoms with Gasteiger partial charge in [-0.05, 0) is 12.0 Å². The van der Waals surface area contributed by atoms with Gasteiger partial charge < -0.3 is 14.9 Å². The first kappa shape index (κ1) is 16.2. The van der Waals surface area contributed by atoms with E-state index in [0.29, 0.717) is 6.42 Å². The molecule has 5 atom stereocenters. The molecule has 108 valence electrons. The third-order valence-corrected chi connectivity index (χ3v) is 3.96. The van der Waals surface area contributed by atoms with Crippen LogP contribution in [0.5, 0.6) is 0 Å². The second-order valence-electron chi connectivity index (χ2n) is 5.25. The van der Waals surface area contributed by atoms with E-state index < -0.39 is 12.2 Å². The monoisotopic (exact) mass is 266 g/mol. The minimum absolute atomic E-state index is 0.0800. The maximum atomic E-state index is 10.4. The number of aliphatic hydroxyl groups is 2. The standard InChI is InChI=1S/C16H26O3/c1-5-14(17)11(2)15(18)12(3)16(19-4)13-9-7-6-8-10-13/h6-12,14-18H,5H2,1-4H3/t11-,12+,14-,15-,16-/m0/s1. The van der Waals surface area contributed by atoms with Gasteiger partial charge in [0.1, 0.15) is 0 Å². The summed E-state index contributed by atoms with van der Waals surface area (Å²) in [5.74, 6) is -0.245. The Morgan fingerprint density at radius 3 is 2.11 bits per heavy atom. The third-order valence-electron chi connectivity index (χ3n) is 3.96. The van der Waals surface area contributed by atoms with Crippen molar-refractivity contribution in [2.75, 3.05) is 7.11 Å². The third kappa shape index (κ3) is 4.03. The maximum Gasteiger partial charge on any atom is 0.0871 e. The van der Waals surface area contributed by atoms with Crippen molar-refractivity contribution in [2.24, 2.45) is 11.8 Å². The van der Waals surface area contributed by atoms with Crippen LogP contribution in [0.15, 0.2) is 30.3 Å². The SMILES string of the molecule is CC[C@H](O)[C@H](C)[C@H](O)[C@@H](C)[C@H](OC)c1ccccc1. The smallest absolute Gasteiger partial charge is 0.0871 e. The molecule has 0 aliphatic carbocycles. The highest BCUT2D eigenvalue weighted by molar-refractivity contribution is 5.18. The number of ether oxygens (including phenoxy) is 1. The fraction of sp³-hybridized carbons (Fsp3) is 0.625. The van der Waals surface area contributed by atoms with Crippen molar-refractivity contribution < 1.29 is 14.9 Å². The van der Waals surface area contributed by atoms with E-state index in [9.17, 15) is 10.2 Å². The fourth-order valence-electron chi connectivity index (χ4n) is 2.55. The molecule has 0 fully saturated rings. The Bertz CT molecular complexity index is 352. The van der Waals surface area contributed by atoms with Gasteiger partial charge in [0.2, 0.25) is 0 Å². The molecular formula is C16H26O3. The summed E-state index contributed by atoms with van der Waals surface area (Å²) in [5.41, 5.74) is 1.05. The summed E-state index contributed by atoms with van der Waals surface area (Å²) in [6.07, 6.45) is -0.595. The quantitative estimate of drug-likeness (QED) is 0.798. The summed E-state index contributed by atoms with van der Waals surface area (Å²) in [5, 5.41) is 20.3. The first-order valence-corrected chi connectivity index (χ1v) is 6.96. The van der Waals surface area contributed by atoms with Gasteiger partial charge in [-0.1, -0.05) is 51.1 Å². The van der Waals surface area contributed by atoms with Gasteiger partial charge in [-0.3, -0.25) is 0 Å². The Hall–Kier alpha value is -0.900. The molecule has 1 aromatic rings. The van der Waals surface area contributed by atoms with Gasteiger partial charge in [-0.15, -0.1) is 0 Å². The van der Waals surface area contributed by atoms with Crippen molar-refractivity contribution in [1.82, 2.24) is 0 Å². The molecule has 3 nitrogen and oxygen atoms in total. The second kappa shape index (κ2) is 7.63. The summed E-state index contributed by atoms with van der Waals surface area (Å²) in [6.45, 7) is 5.77. The Kier molecular flexibility index (Phi) is 6.49. The highest BCUT2D eigenvalue weighted by Gasteiger charge is 2.31. The summed E-state index contributed by atoms with van der Waals surface area (Å²) < 4.78 is 5.54. The molecule has 3 heteroatoms. The zero-order valence-corrected chi connectivity index (χ0v) is 12.3. The number of rotatable bonds is 7. The molecule has 19 heavy (non-hydrogen) atoms. The van der Waals surface area contributed by atoms with E-state index >= 15 is 0 Å². The number of benzene rings is 1. The number of aliphatic hydroxyl groups excluding tert-OH is 2. The average molecular weight is 266 g/mol. The summed E-state index contributed by atoms with van der Waals surface area (Å²) in [7, 11) is 1.65. The predicted molar refractivity (Wildman–Crippen MR) is 76.8 cm³/mol. The average Bonchev–Trinajstić information content (AvgIpc) is 2.46.